The Labute approximate surface area is 181 Å². The molecule has 0 saturated heterocycles. The van der Waals surface area contributed by atoms with E-state index < -0.39 is 11.6 Å². The van der Waals surface area contributed by atoms with Crippen LogP contribution in [0.1, 0.15) is 32.0 Å². The largest absolute Gasteiger partial charge is 0.385 e. The molecule has 0 atom stereocenters. The van der Waals surface area contributed by atoms with Crippen LogP contribution in [0.2, 0.25) is 0 Å². The van der Waals surface area contributed by atoms with Crippen molar-refractivity contribution in [2.75, 3.05) is 5.73 Å². The zero-order valence-electron chi connectivity index (χ0n) is 16.7. The summed E-state index contributed by atoms with van der Waals surface area (Å²) in [6.07, 6.45) is 3.09. The Morgan fingerprint density at radius 1 is 0.938 bits per heavy atom. The highest BCUT2D eigenvalue weighted by molar-refractivity contribution is 6.24. The van der Waals surface area contributed by atoms with Gasteiger partial charge in [0.05, 0.1) is 17.0 Å². The van der Waals surface area contributed by atoms with Gasteiger partial charge in [-0.2, -0.15) is 0 Å². The van der Waals surface area contributed by atoms with Crippen LogP contribution < -0.4 is 5.73 Å². The van der Waals surface area contributed by atoms with Gasteiger partial charge in [0.15, 0.2) is 5.78 Å². The number of aromatic nitrogens is 3. The van der Waals surface area contributed by atoms with Gasteiger partial charge in [0, 0.05) is 40.0 Å². The first-order valence-electron chi connectivity index (χ1n) is 9.88. The molecule has 7 heteroatoms. The van der Waals surface area contributed by atoms with Crippen LogP contribution in [0.25, 0.3) is 22.2 Å². The number of ketones is 2. The highest BCUT2D eigenvalue weighted by Gasteiger charge is 2.29. The molecule has 3 heterocycles. The summed E-state index contributed by atoms with van der Waals surface area (Å²) < 4.78 is 13.9. The number of nitrogens with two attached hydrogens (primary N) is 1. The van der Waals surface area contributed by atoms with Crippen LogP contribution in [-0.2, 0) is 0 Å². The van der Waals surface area contributed by atoms with Gasteiger partial charge in [-0.3, -0.25) is 14.6 Å². The van der Waals surface area contributed by atoms with Crippen LogP contribution in [0.15, 0.2) is 79.1 Å². The molecule has 0 aliphatic heterocycles. The van der Waals surface area contributed by atoms with E-state index in [0.29, 0.717) is 27.7 Å². The summed E-state index contributed by atoms with van der Waals surface area (Å²) in [4.78, 5) is 37.2. The Hall–Kier alpha value is -4.52. The molecule has 0 aliphatic rings. The van der Waals surface area contributed by atoms with Crippen molar-refractivity contribution in [1.29, 1.82) is 0 Å². The molecule has 6 nitrogen and oxygen atoms in total. The normalized spacial score (nSPS) is 11.0. The molecule has 0 unspecified atom stereocenters. The Kier molecular flexibility index (Phi) is 4.63. The van der Waals surface area contributed by atoms with Gasteiger partial charge in [0.25, 0.3) is 0 Å². The Balaban J connectivity index is 1.73. The van der Waals surface area contributed by atoms with E-state index in [-0.39, 0.29) is 28.4 Å². The lowest BCUT2D eigenvalue weighted by atomic mass is 9.95. The quantitative estimate of drug-likeness (QED) is 0.354. The van der Waals surface area contributed by atoms with Gasteiger partial charge in [0.1, 0.15) is 11.6 Å². The molecular weight excluding hydrogens is 407 g/mol. The minimum atomic E-state index is -0.460. The van der Waals surface area contributed by atoms with E-state index in [9.17, 15) is 14.0 Å². The fourth-order valence-corrected chi connectivity index (χ4v) is 3.84. The number of carbonyl (C=O) groups is 2. The number of aromatic amines is 2. The number of pyridine rings is 1. The van der Waals surface area contributed by atoms with Crippen molar-refractivity contribution < 1.29 is 14.0 Å². The van der Waals surface area contributed by atoms with Gasteiger partial charge in [0.2, 0.25) is 5.78 Å². The first-order chi connectivity index (χ1) is 15.5. The molecule has 0 bridgehead atoms. The van der Waals surface area contributed by atoms with Gasteiger partial charge in [-0.1, -0.05) is 36.4 Å². The van der Waals surface area contributed by atoms with Crippen molar-refractivity contribution in [3.63, 3.8) is 0 Å². The molecule has 0 amide bonds. The van der Waals surface area contributed by atoms with Gasteiger partial charge in [-0.25, -0.2) is 4.39 Å². The number of H-pyrrole nitrogens is 2. The summed E-state index contributed by atoms with van der Waals surface area (Å²) in [5.74, 6) is -1.18. The van der Waals surface area contributed by atoms with E-state index >= 15 is 0 Å². The van der Waals surface area contributed by atoms with Gasteiger partial charge in [-0.15, -0.1) is 0 Å². The SMILES string of the molecule is Nc1[nH]c(C(=O)c2ccccc2)c(-c2ccccn2)c1C(=O)c1c[nH]c2ccc(F)cc12. The van der Waals surface area contributed by atoms with Crippen molar-refractivity contribution >= 4 is 28.3 Å². The van der Waals surface area contributed by atoms with Crippen molar-refractivity contribution in [3.8, 4) is 11.3 Å². The number of nitrogens with one attached hydrogen (secondary N) is 2. The van der Waals surface area contributed by atoms with Crippen LogP contribution in [0.5, 0.6) is 0 Å². The first kappa shape index (κ1) is 19.4. The minimum Gasteiger partial charge on any atom is -0.385 e. The number of nitrogens with zero attached hydrogens (tertiary/aromatic N) is 1. The molecule has 4 N–H and O–H groups in total. The van der Waals surface area contributed by atoms with Crippen LogP contribution in [0, 0.1) is 5.82 Å². The maximum atomic E-state index is 13.9. The highest BCUT2D eigenvalue weighted by atomic mass is 19.1. The third-order valence-electron chi connectivity index (χ3n) is 5.33. The smallest absolute Gasteiger partial charge is 0.209 e. The Morgan fingerprint density at radius 2 is 1.72 bits per heavy atom. The van der Waals surface area contributed by atoms with Gasteiger partial charge >= 0.3 is 0 Å². The topological polar surface area (TPSA) is 105 Å². The standard InChI is InChI=1S/C25H17FN4O2/c26-15-9-10-18-16(12-15)17(13-29-18)24(32)21-20(19-8-4-5-11-28-19)22(30-25(21)27)23(31)14-6-2-1-3-7-14/h1-13,29-30H,27H2. The second kappa shape index (κ2) is 7.63. The highest BCUT2D eigenvalue weighted by Crippen LogP contribution is 2.35. The lowest BCUT2D eigenvalue weighted by molar-refractivity contribution is 0.103. The van der Waals surface area contributed by atoms with E-state index in [1.54, 1.807) is 54.7 Å². The third-order valence-corrected chi connectivity index (χ3v) is 5.33. The van der Waals surface area contributed by atoms with Crippen LogP contribution >= 0.6 is 0 Å². The summed E-state index contributed by atoms with van der Waals surface area (Å²) in [5.41, 5.74) is 8.57. The lowest BCUT2D eigenvalue weighted by Gasteiger charge is -2.07. The fraction of sp³-hybridized carbons (Fsp3) is 0. The van der Waals surface area contributed by atoms with Crippen LogP contribution in [-0.4, -0.2) is 26.5 Å². The van der Waals surface area contributed by atoms with Crippen LogP contribution in [0.4, 0.5) is 10.2 Å². The number of benzene rings is 2. The number of rotatable bonds is 5. The lowest BCUT2D eigenvalue weighted by Crippen LogP contribution is -2.07. The average Bonchev–Trinajstić information content (AvgIpc) is 3.40. The van der Waals surface area contributed by atoms with E-state index in [1.165, 1.54) is 18.3 Å². The average molecular weight is 424 g/mol. The number of carbonyl (C=O) groups excluding carboxylic acids is 2. The zero-order chi connectivity index (χ0) is 22.2. The number of halogens is 1. The molecule has 3 aromatic heterocycles. The number of hydrogen-bond donors (Lipinski definition) is 3. The summed E-state index contributed by atoms with van der Waals surface area (Å²) in [6, 6.07) is 18.1. The zero-order valence-corrected chi connectivity index (χ0v) is 16.7. The number of hydrogen-bond acceptors (Lipinski definition) is 4. The summed E-state index contributed by atoms with van der Waals surface area (Å²) >= 11 is 0. The molecule has 5 aromatic rings. The Morgan fingerprint density at radius 3 is 2.47 bits per heavy atom. The molecular formula is C25H17FN4O2. The summed E-state index contributed by atoms with van der Waals surface area (Å²) in [6.45, 7) is 0. The number of nitrogen functional groups attached to an aromatic ring is 1. The molecule has 2 aromatic carbocycles. The molecule has 0 radical (unpaired) electrons. The molecule has 32 heavy (non-hydrogen) atoms. The third kappa shape index (κ3) is 3.16. The molecule has 0 fully saturated rings. The minimum absolute atomic E-state index is 0.0423. The second-order valence-corrected chi connectivity index (χ2v) is 7.30. The molecule has 156 valence electrons. The monoisotopic (exact) mass is 424 g/mol. The molecule has 5 rings (SSSR count). The number of anilines is 1. The van der Waals surface area contributed by atoms with E-state index in [2.05, 4.69) is 15.0 Å². The maximum absolute atomic E-state index is 13.9. The van der Waals surface area contributed by atoms with Crippen molar-refractivity contribution in [2.24, 2.45) is 0 Å². The van der Waals surface area contributed by atoms with Crippen LogP contribution in [0.3, 0.4) is 0 Å². The van der Waals surface area contributed by atoms with E-state index in [1.807, 2.05) is 6.07 Å². The fourth-order valence-electron chi connectivity index (χ4n) is 3.84. The van der Waals surface area contributed by atoms with Crippen molar-refractivity contribution in [2.45, 2.75) is 0 Å². The van der Waals surface area contributed by atoms with Gasteiger partial charge < -0.3 is 15.7 Å². The molecule has 0 spiro atoms. The maximum Gasteiger partial charge on any atom is 0.209 e. The second-order valence-electron chi connectivity index (χ2n) is 7.30. The summed E-state index contributed by atoms with van der Waals surface area (Å²) in [7, 11) is 0. The first-order valence-corrected chi connectivity index (χ1v) is 9.88. The Bertz CT molecular complexity index is 1470. The van der Waals surface area contributed by atoms with Crippen molar-refractivity contribution in [3.05, 3.63) is 107 Å². The summed E-state index contributed by atoms with van der Waals surface area (Å²) in [5, 5.41) is 0.429. The predicted molar refractivity (Wildman–Crippen MR) is 120 cm³/mol. The molecule has 0 aliphatic carbocycles. The number of fused-ring (bicyclic) bond motifs is 1. The van der Waals surface area contributed by atoms with E-state index in [0.717, 1.165) is 0 Å². The molecule has 0 saturated carbocycles. The van der Waals surface area contributed by atoms with Crippen molar-refractivity contribution in [1.82, 2.24) is 15.0 Å². The van der Waals surface area contributed by atoms with E-state index in [4.69, 9.17) is 5.73 Å². The van der Waals surface area contributed by atoms with Gasteiger partial charge in [-0.05, 0) is 30.3 Å². The predicted octanol–water partition coefficient (Wildman–Crippen LogP) is 4.74.